The van der Waals surface area contributed by atoms with Crippen LogP contribution in [0.25, 0.3) is 0 Å². The molecular formula is C21H28ClIN4O. The number of carbonyl (C=O) groups excluding carboxylic acids is 1. The Kier molecular flexibility index (Phi) is 10.3. The lowest BCUT2D eigenvalue weighted by Crippen LogP contribution is -2.39. The minimum Gasteiger partial charge on any atom is -0.356 e. The first kappa shape index (κ1) is 24.2. The Morgan fingerprint density at radius 2 is 1.75 bits per heavy atom. The normalized spacial score (nSPS) is 10.8. The van der Waals surface area contributed by atoms with Gasteiger partial charge in [-0.15, -0.1) is 24.0 Å². The molecule has 0 heterocycles. The molecule has 1 amide bonds. The molecule has 28 heavy (non-hydrogen) atoms. The highest BCUT2D eigenvalue weighted by Crippen LogP contribution is 2.11. The Balaban J connectivity index is 0.00000392. The Bertz CT molecular complexity index is 793. The summed E-state index contributed by atoms with van der Waals surface area (Å²) >= 11 is 5.94. The number of guanidine groups is 1. The molecule has 0 spiro atoms. The van der Waals surface area contributed by atoms with E-state index in [-0.39, 0.29) is 29.9 Å². The highest BCUT2D eigenvalue weighted by Gasteiger charge is 2.09. The highest BCUT2D eigenvalue weighted by molar-refractivity contribution is 14.0. The topological polar surface area (TPSA) is 47.9 Å². The summed E-state index contributed by atoms with van der Waals surface area (Å²) in [6.45, 7) is 1.47. The first-order chi connectivity index (χ1) is 12.9. The number of carbonyl (C=O) groups is 1. The van der Waals surface area contributed by atoms with Crippen LogP contribution in [0.4, 0.5) is 0 Å². The number of aliphatic imine (C=N–C) groups is 1. The lowest BCUT2D eigenvalue weighted by molar-refractivity contribution is 0.0827. The summed E-state index contributed by atoms with van der Waals surface area (Å²) in [5.74, 6) is 0.841. The Hall–Kier alpha value is -1.80. The molecule has 0 unspecified atom stereocenters. The summed E-state index contributed by atoms with van der Waals surface area (Å²) in [6.07, 6.45) is 0.808. The third-order valence-electron chi connectivity index (χ3n) is 4.18. The highest BCUT2D eigenvalue weighted by atomic mass is 127. The van der Waals surface area contributed by atoms with E-state index in [2.05, 4.69) is 15.2 Å². The minimum atomic E-state index is 0. The zero-order chi connectivity index (χ0) is 19.8. The van der Waals surface area contributed by atoms with Crippen molar-refractivity contribution in [2.24, 2.45) is 4.99 Å². The lowest BCUT2D eigenvalue weighted by Gasteiger charge is -2.22. The van der Waals surface area contributed by atoms with E-state index >= 15 is 0 Å². The van der Waals surface area contributed by atoms with Crippen molar-refractivity contribution < 1.29 is 4.79 Å². The van der Waals surface area contributed by atoms with Crippen molar-refractivity contribution in [3.8, 4) is 0 Å². The minimum absolute atomic E-state index is 0. The van der Waals surface area contributed by atoms with Crippen LogP contribution in [0.2, 0.25) is 5.02 Å². The van der Waals surface area contributed by atoms with E-state index in [9.17, 15) is 4.79 Å². The Labute approximate surface area is 189 Å². The summed E-state index contributed by atoms with van der Waals surface area (Å²) in [5.41, 5.74) is 2.99. The zero-order valence-electron chi connectivity index (χ0n) is 16.8. The van der Waals surface area contributed by atoms with E-state index in [0.717, 1.165) is 36.1 Å². The molecule has 2 aromatic carbocycles. The van der Waals surface area contributed by atoms with Gasteiger partial charge in [0.05, 0.1) is 0 Å². The van der Waals surface area contributed by atoms with Gasteiger partial charge in [-0.3, -0.25) is 9.79 Å². The largest absolute Gasteiger partial charge is 0.356 e. The fraction of sp³-hybridized carbons (Fsp3) is 0.333. The van der Waals surface area contributed by atoms with E-state index in [4.69, 9.17) is 11.6 Å². The monoisotopic (exact) mass is 514 g/mol. The van der Waals surface area contributed by atoms with Crippen LogP contribution in [0.5, 0.6) is 0 Å². The van der Waals surface area contributed by atoms with E-state index in [0.29, 0.717) is 5.56 Å². The van der Waals surface area contributed by atoms with Gasteiger partial charge in [-0.2, -0.15) is 0 Å². The van der Waals surface area contributed by atoms with Crippen molar-refractivity contribution in [3.63, 3.8) is 0 Å². The number of nitrogens with one attached hydrogen (secondary N) is 1. The summed E-state index contributed by atoms with van der Waals surface area (Å²) in [5, 5.41) is 4.11. The molecule has 0 bridgehead atoms. The second kappa shape index (κ2) is 11.9. The second-order valence-electron chi connectivity index (χ2n) is 6.61. The standard InChI is InChI=1S/C21H27ClN4O.HI/c1-23-21(26(4)15-17-8-10-19(22)11-9-17)24-13-12-16-6-5-7-18(14-16)20(27)25(2)3;/h5-11,14H,12-13,15H2,1-4H3,(H,23,24);1H. The first-order valence-corrected chi connectivity index (χ1v) is 9.25. The van der Waals surface area contributed by atoms with Crippen LogP contribution in [0, 0.1) is 0 Å². The van der Waals surface area contributed by atoms with Crippen LogP contribution in [0.15, 0.2) is 53.5 Å². The Morgan fingerprint density at radius 3 is 2.36 bits per heavy atom. The molecule has 5 nitrogen and oxygen atoms in total. The van der Waals surface area contributed by atoms with Crippen molar-refractivity contribution in [2.45, 2.75) is 13.0 Å². The number of amides is 1. The molecule has 0 aromatic heterocycles. The predicted molar refractivity (Wildman–Crippen MR) is 128 cm³/mol. The second-order valence-corrected chi connectivity index (χ2v) is 7.04. The van der Waals surface area contributed by atoms with E-state index in [1.165, 1.54) is 5.56 Å². The van der Waals surface area contributed by atoms with Gasteiger partial charge in [0.25, 0.3) is 5.91 Å². The van der Waals surface area contributed by atoms with Crippen molar-refractivity contribution in [2.75, 3.05) is 34.7 Å². The van der Waals surface area contributed by atoms with Gasteiger partial charge < -0.3 is 15.1 Å². The SMILES string of the molecule is CN=C(NCCc1cccc(C(=O)N(C)C)c1)N(C)Cc1ccc(Cl)cc1.I. The van der Waals surface area contributed by atoms with Crippen molar-refractivity contribution in [1.82, 2.24) is 15.1 Å². The number of hydrogen-bond acceptors (Lipinski definition) is 2. The van der Waals surface area contributed by atoms with Crippen LogP contribution in [0.1, 0.15) is 21.5 Å². The zero-order valence-corrected chi connectivity index (χ0v) is 19.9. The van der Waals surface area contributed by atoms with Crippen molar-refractivity contribution in [1.29, 1.82) is 0 Å². The number of rotatable bonds is 6. The average Bonchev–Trinajstić information content (AvgIpc) is 2.66. The van der Waals surface area contributed by atoms with Crippen molar-refractivity contribution >= 4 is 47.4 Å². The smallest absolute Gasteiger partial charge is 0.253 e. The van der Waals surface area contributed by atoms with Crippen LogP contribution in [-0.2, 0) is 13.0 Å². The number of nitrogens with zero attached hydrogens (tertiary/aromatic N) is 3. The molecule has 0 fully saturated rings. The summed E-state index contributed by atoms with van der Waals surface area (Å²) in [7, 11) is 7.30. The fourth-order valence-electron chi connectivity index (χ4n) is 2.76. The lowest BCUT2D eigenvalue weighted by atomic mass is 10.1. The van der Waals surface area contributed by atoms with Gasteiger partial charge in [-0.25, -0.2) is 0 Å². The average molecular weight is 515 g/mol. The van der Waals surface area contributed by atoms with Gasteiger partial charge in [-0.1, -0.05) is 35.9 Å². The quantitative estimate of drug-likeness (QED) is 0.361. The molecule has 0 aliphatic rings. The Morgan fingerprint density at radius 1 is 1.07 bits per heavy atom. The van der Waals surface area contributed by atoms with Gasteiger partial charge in [0.1, 0.15) is 0 Å². The van der Waals surface area contributed by atoms with Crippen LogP contribution >= 0.6 is 35.6 Å². The molecular weight excluding hydrogens is 487 g/mol. The van der Waals surface area contributed by atoms with E-state index in [1.54, 1.807) is 26.0 Å². The van der Waals surface area contributed by atoms with Gasteiger partial charge in [0.2, 0.25) is 0 Å². The third kappa shape index (κ3) is 7.31. The predicted octanol–water partition coefficient (Wildman–Crippen LogP) is 3.91. The number of halogens is 2. The van der Waals surface area contributed by atoms with E-state index in [1.807, 2.05) is 55.6 Å². The summed E-state index contributed by atoms with van der Waals surface area (Å²) in [4.78, 5) is 20.1. The van der Waals surface area contributed by atoms with Gasteiger partial charge in [0, 0.05) is 51.9 Å². The van der Waals surface area contributed by atoms with Crippen LogP contribution in [0.3, 0.4) is 0 Å². The fourth-order valence-corrected chi connectivity index (χ4v) is 2.89. The van der Waals surface area contributed by atoms with Crippen LogP contribution < -0.4 is 5.32 Å². The molecule has 0 radical (unpaired) electrons. The van der Waals surface area contributed by atoms with Gasteiger partial charge >= 0.3 is 0 Å². The van der Waals surface area contributed by atoms with Crippen LogP contribution in [-0.4, -0.2) is 56.4 Å². The molecule has 2 aromatic rings. The van der Waals surface area contributed by atoms with Gasteiger partial charge in [0.15, 0.2) is 5.96 Å². The van der Waals surface area contributed by atoms with E-state index < -0.39 is 0 Å². The maximum absolute atomic E-state index is 12.1. The molecule has 2 rings (SSSR count). The molecule has 1 N–H and O–H groups in total. The number of hydrogen-bond donors (Lipinski definition) is 1. The molecule has 152 valence electrons. The molecule has 0 saturated heterocycles. The van der Waals surface area contributed by atoms with Crippen molar-refractivity contribution in [3.05, 3.63) is 70.2 Å². The van der Waals surface area contributed by atoms with Gasteiger partial charge in [-0.05, 0) is 41.8 Å². The molecule has 0 aliphatic heterocycles. The third-order valence-corrected chi connectivity index (χ3v) is 4.44. The maximum atomic E-state index is 12.1. The first-order valence-electron chi connectivity index (χ1n) is 8.87. The molecule has 0 atom stereocenters. The molecule has 0 aliphatic carbocycles. The maximum Gasteiger partial charge on any atom is 0.253 e. The summed E-state index contributed by atoms with van der Waals surface area (Å²) < 4.78 is 0. The summed E-state index contributed by atoms with van der Waals surface area (Å²) in [6, 6.07) is 15.6. The molecule has 0 saturated carbocycles. The molecule has 7 heteroatoms. The number of benzene rings is 2.